The van der Waals surface area contributed by atoms with Crippen LogP contribution >= 0.6 is 0 Å². The molecule has 0 aliphatic heterocycles. The van der Waals surface area contributed by atoms with Crippen LogP contribution in [0.4, 0.5) is 0 Å². The molecule has 0 N–H and O–H groups in total. The van der Waals surface area contributed by atoms with E-state index in [4.69, 9.17) is 0 Å². The molecule has 0 saturated heterocycles. The molecule has 0 spiro atoms. The molecule has 1 saturated carbocycles. The molecule has 0 radical (unpaired) electrons. The number of ketones is 1. The zero-order valence-electron chi connectivity index (χ0n) is 10.4. The molecule has 88 valence electrons. The quantitative estimate of drug-likeness (QED) is 0.667. The first kappa shape index (κ1) is 10.8. The Labute approximate surface area is 103 Å². The molecule has 1 aromatic carbocycles. The van der Waals surface area contributed by atoms with Crippen molar-refractivity contribution in [2.24, 2.45) is 11.3 Å². The highest BCUT2D eigenvalue weighted by Crippen LogP contribution is 2.58. The summed E-state index contributed by atoms with van der Waals surface area (Å²) in [5.41, 5.74) is 2.55. The first-order valence-electron chi connectivity index (χ1n) is 6.39. The molecular weight excluding hydrogens is 208 g/mol. The van der Waals surface area contributed by atoms with Gasteiger partial charge in [0, 0.05) is 11.3 Å². The van der Waals surface area contributed by atoms with Gasteiger partial charge in [0.25, 0.3) is 0 Å². The van der Waals surface area contributed by atoms with Gasteiger partial charge in [0.1, 0.15) is 5.78 Å². The number of hydrogen-bond donors (Lipinski definition) is 0. The summed E-state index contributed by atoms with van der Waals surface area (Å²) in [7, 11) is 0. The van der Waals surface area contributed by atoms with Gasteiger partial charge in [-0.2, -0.15) is 0 Å². The van der Waals surface area contributed by atoms with Crippen molar-refractivity contribution < 1.29 is 4.79 Å². The third kappa shape index (κ3) is 1.41. The van der Waals surface area contributed by atoms with Gasteiger partial charge < -0.3 is 0 Å². The molecular formula is C16H18O. The zero-order valence-corrected chi connectivity index (χ0v) is 10.4. The van der Waals surface area contributed by atoms with Gasteiger partial charge >= 0.3 is 0 Å². The lowest BCUT2D eigenvalue weighted by Crippen LogP contribution is -2.54. The third-order valence-electron chi connectivity index (χ3n) is 4.60. The molecule has 0 heterocycles. The minimum absolute atomic E-state index is 0.0833. The highest BCUT2D eigenvalue weighted by atomic mass is 16.1. The normalized spacial score (nSPS) is 35.9. The fourth-order valence-electron chi connectivity index (χ4n) is 3.39. The fourth-order valence-corrected chi connectivity index (χ4v) is 3.39. The largest absolute Gasteiger partial charge is 0.298 e. The Kier molecular flexibility index (Phi) is 2.25. The third-order valence-corrected chi connectivity index (χ3v) is 4.60. The van der Waals surface area contributed by atoms with E-state index >= 15 is 0 Å². The summed E-state index contributed by atoms with van der Waals surface area (Å²) in [4.78, 5) is 12.4. The molecule has 17 heavy (non-hydrogen) atoms. The van der Waals surface area contributed by atoms with Gasteiger partial charge in [0.15, 0.2) is 0 Å². The Morgan fingerprint density at radius 1 is 1.24 bits per heavy atom. The smallest absolute Gasteiger partial charge is 0.147 e. The lowest BCUT2D eigenvalue weighted by molar-refractivity contribution is -0.146. The van der Waals surface area contributed by atoms with E-state index < -0.39 is 0 Å². The monoisotopic (exact) mass is 226 g/mol. The molecule has 1 heteroatoms. The van der Waals surface area contributed by atoms with E-state index in [9.17, 15) is 4.79 Å². The molecule has 1 unspecified atom stereocenters. The van der Waals surface area contributed by atoms with Gasteiger partial charge in [-0.05, 0) is 25.3 Å². The first-order valence-corrected chi connectivity index (χ1v) is 6.39. The Morgan fingerprint density at radius 2 is 1.94 bits per heavy atom. The molecule has 0 amide bonds. The highest BCUT2D eigenvalue weighted by molar-refractivity contribution is 5.98. The van der Waals surface area contributed by atoms with Crippen LogP contribution in [0, 0.1) is 11.3 Å². The summed E-state index contributed by atoms with van der Waals surface area (Å²) in [6.45, 7) is 4.33. The van der Waals surface area contributed by atoms with Crippen LogP contribution in [0.25, 0.3) is 0 Å². The van der Waals surface area contributed by atoms with Crippen LogP contribution < -0.4 is 0 Å². The second-order valence-corrected chi connectivity index (χ2v) is 5.71. The zero-order chi connectivity index (χ0) is 12.0. The van der Waals surface area contributed by atoms with Gasteiger partial charge in [-0.1, -0.05) is 48.9 Å². The minimum atomic E-state index is -0.0833. The first-order chi connectivity index (χ1) is 8.13. The molecule has 0 bridgehead atoms. The summed E-state index contributed by atoms with van der Waals surface area (Å²) in [6.07, 6.45) is 4.45. The number of hydrogen-bond acceptors (Lipinski definition) is 1. The van der Waals surface area contributed by atoms with Crippen LogP contribution in [-0.2, 0) is 4.79 Å². The van der Waals surface area contributed by atoms with Crippen LogP contribution in [0.1, 0.15) is 38.2 Å². The van der Waals surface area contributed by atoms with E-state index in [-0.39, 0.29) is 11.3 Å². The van der Waals surface area contributed by atoms with Gasteiger partial charge in [0.05, 0.1) is 5.92 Å². The molecule has 1 nitrogen and oxygen atoms in total. The van der Waals surface area contributed by atoms with E-state index in [0.717, 1.165) is 12.8 Å². The lowest BCUT2D eigenvalue weighted by Gasteiger charge is -2.53. The molecule has 1 aromatic rings. The second kappa shape index (κ2) is 3.56. The van der Waals surface area contributed by atoms with Gasteiger partial charge in [-0.3, -0.25) is 4.79 Å². The highest BCUT2D eigenvalue weighted by Gasteiger charge is 2.58. The average molecular weight is 226 g/mol. The molecule has 3 atom stereocenters. The summed E-state index contributed by atoms with van der Waals surface area (Å²) in [5.74, 6) is 0.972. The van der Waals surface area contributed by atoms with Crippen LogP contribution in [0.3, 0.4) is 0 Å². The van der Waals surface area contributed by atoms with Crippen molar-refractivity contribution in [3.8, 4) is 0 Å². The predicted octanol–water partition coefficient (Wildman–Crippen LogP) is 3.72. The van der Waals surface area contributed by atoms with E-state index in [1.807, 2.05) is 18.2 Å². The number of Topliss-reactive ketones (excluding diaryl/α,β-unsaturated/α-hetero) is 1. The van der Waals surface area contributed by atoms with E-state index in [2.05, 4.69) is 32.1 Å². The number of carbonyl (C=O) groups is 1. The lowest BCUT2D eigenvalue weighted by atomic mass is 9.48. The van der Waals surface area contributed by atoms with Gasteiger partial charge in [0.2, 0.25) is 0 Å². The van der Waals surface area contributed by atoms with Gasteiger partial charge in [-0.25, -0.2) is 0 Å². The van der Waals surface area contributed by atoms with E-state index in [0.29, 0.717) is 11.7 Å². The Bertz CT molecular complexity index is 486. The number of fused-ring (bicyclic) bond motifs is 1. The van der Waals surface area contributed by atoms with Crippen LogP contribution in [-0.4, -0.2) is 5.78 Å². The Morgan fingerprint density at radius 3 is 2.65 bits per heavy atom. The van der Waals surface area contributed by atoms with Crippen molar-refractivity contribution in [2.45, 2.75) is 32.6 Å². The molecule has 3 rings (SSSR count). The average Bonchev–Trinajstić information content (AvgIpc) is 2.35. The van der Waals surface area contributed by atoms with Crippen molar-refractivity contribution in [2.75, 3.05) is 0 Å². The Hall–Kier alpha value is -1.37. The van der Waals surface area contributed by atoms with E-state index in [1.54, 1.807) is 0 Å². The topological polar surface area (TPSA) is 17.1 Å². The predicted molar refractivity (Wildman–Crippen MR) is 68.8 cm³/mol. The molecule has 2 aliphatic rings. The number of benzene rings is 1. The maximum atomic E-state index is 12.4. The fraction of sp³-hybridized carbons (Fsp3) is 0.438. The van der Waals surface area contributed by atoms with Crippen molar-refractivity contribution >= 4 is 5.78 Å². The number of carbonyl (C=O) groups excluding carboxylic acids is 1. The summed E-state index contributed by atoms with van der Waals surface area (Å²) >= 11 is 0. The van der Waals surface area contributed by atoms with Crippen LogP contribution in [0.15, 0.2) is 42.0 Å². The maximum absolute atomic E-state index is 12.4. The standard InChI is InChI=1S/C16H18O/c1-11-8-9-16(2)13(10-11)14(15(16)17)12-6-4-3-5-7-12/h3-7,10,13-14H,8-9H2,1-2H3/t13-,14?,16-/m0/s1. The van der Waals surface area contributed by atoms with Crippen molar-refractivity contribution in [1.82, 2.24) is 0 Å². The minimum Gasteiger partial charge on any atom is -0.298 e. The summed E-state index contributed by atoms with van der Waals surface area (Å²) in [6, 6.07) is 10.2. The summed E-state index contributed by atoms with van der Waals surface area (Å²) in [5, 5.41) is 0. The molecule has 0 aromatic heterocycles. The number of rotatable bonds is 1. The Balaban J connectivity index is 1.99. The molecule has 2 aliphatic carbocycles. The van der Waals surface area contributed by atoms with Crippen molar-refractivity contribution in [1.29, 1.82) is 0 Å². The van der Waals surface area contributed by atoms with E-state index in [1.165, 1.54) is 11.1 Å². The number of allylic oxidation sites excluding steroid dienone is 2. The van der Waals surface area contributed by atoms with Crippen LogP contribution in [0.2, 0.25) is 0 Å². The van der Waals surface area contributed by atoms with Gasteiger partial charge in [-0.15, -0.1) is 0 Å². The van der Waals surface area contributed by atoms with Crippen molar-refractivity contribution in [3.63, 3.8) is 0 Å². The van der Waals surface area contributed by atoms with Crippen molar-refractivity contribution in [3.05, 3.63) is 47.5 Å². The summed E-state index contributed by atoms with van der Waals surface area (Å²) < 4.78 is 0. The SMILES string of the molecule is CC1=C[C@H]2C(c3ccccc3)C(=O)[C@@]2(C)CC1. The second-order valence-electron chi connectivity index (χ2n) is 5.71. The van der Waals surface area contributed by atoms with Crippen LogP contribution in [0.5, 0.6) is 0 Å². The maximum Gasteiger partial charge on any atom is 0.147 e. The molecule has 1 fully saturated rings.